The SMILES string of the molecule is Cc1nn(CCCNC(=S)Nc2ccc3c(c2)OCCO3)cc1Br. The third kappa shape index (κ3) is 4.39. The molecule has 0 aliphatic carbocycles. The van der Waals surface area contributed by atoms with Crippen molar-refractivity contribution in [2.24, 2.45) is 0 Å². The van der Waals surface area contributed by atoms with E-state index in [0.717, 1.165) is 46.9 Å². The predicted molar refractivity (Wildman–Crippen MR) is 101 cm³/mol. The van der Waals surface area contributed by atoms with Gasteiger partial charge in [0, 0.05) is 31.0 Å². The summed E-state index contributed by atoms with van der Waals surface area (Å²) < 4.78 is 14.0. The summed E-state index contributed by atoms with van der Waals surface area (Å²) in [6.45, 7) is 4.75. The summed E-state index contributed by atoms with van der Waals surface area (Å²) in [5.74, 6) is 1.51. The summed E-state index contributed by atoms with van der Waals surface area (Å²) in [6.07, 6.45) is 2.91. The van der Waals surface area contributed by atoms with Crippen molar-refractivity contribution in [2.45, 2.75) is 19.9 Å². The van der Waals surface area contributed by atoms with E-state index in [1.165, 1.54) is 0 Å². The molecule has 0 spiro atoms. The number of fused-ring (bicyclic) bond motifs is 1. The van der Waals surface area contributed by atoms with Crippen molar-refractivity contribution < 1.29 is 9.47 Å². The van der Waals surface area contributed by atoms with Gasteiger partial charge in [-0.15, -0.1) is 0 Å². The van der Waals surface area contributed by atoms with Crippen molar-refractivity contribution >= 4 is 38.9 Å². The predicted octanol–water partition coefficient (Wildman–Crippen LogP) is 3.10. The number of nitrogens with zero attached hydrogens (tertiary/aromatic N) is 2. The first-order valence-corrected chi connectivity index (χ1v) is 8.96. The molecular weight excluding hydrogens is 392 g/mol. The molecule has 1 aliphatic heterocycles. The minimum Gasteiger partial charge on any atom is -0.486 e. The Kier molecular flexibility index (Phi) is 5.57. The smallest absolute Gasteiger partial charge is 0.170 e. The topological polar surface area (TPSA) is 60.3 Å². The molecule has 24 heavy (non-hydrogen) atoms. The molecule has 3 rings (SSSR count). The summed E-state index contributed by atoms with van der Waals surface area (Å²) in [4.78, 5) is 0. The second kappa shape index (κ2) is 7.85. The molecule has 2 aromatic rings. The maximum Gasteiger partial charge on any atom is 0.170 e. The van der Waals surface area contributed by atoms with Gasteiger partial charge in [0.25, 0.3) is 0 Å². The molecule has 0 atom stereocenters. The lowest BCUT2D eigenvalue weighted by Gasteiger charge is -2.19. The largest absolute Gasteiger partial charge is 0.486 e. The maximum atomic E-state index is 5.56. The minimum absolute atomic E-state index is 0.572. The van der Waals surface area contributed by atoms with E-state index in [-0.39, 0.29) is 0 Å². The molecule has 0 bridgehead atoms. The first kappa shape index (κ1) is 17.0. The molecule has 128 valence electrons. The number of aryl methyl sites for hydroxylation is 2. The molecule has 2 heterocycles. The molecule has 0 fully saturated rings. The number of anilines is 1. The lowest BCUT2D eigenvalue weighted by atomic mass is 10.2. The Morgan fingerprint density at radius 1 is 1.33 bits per heavy atom. The summed E-state index contributed by atoms with van der Waals surface area (Å²) >= 11 is 8.78. The number of halogens is 1. The molecule has 8 heteroatoms. The molecule has 6 nitrogen and oxygen atoms in total. The summed E-state index contributed by atoms with van der Waals surface area (Å²) in [7, 11) is 0. The molecular formula is C16H19BrN4O2S. The van der Waals surface area contributed by atoms with Crippen LogP contribution in [0.2, 0.25) is 0 Å². The zero-order valence-electron chi connectivity index (χ0n) is 13.3. The van der Waals surface area contributed by atoms with E-state index in [4.69, 9.17) is 21.7 Å². The number of rotatable bonds is 5. The third-order valence-corrected chi connectivity index (χ3v) is 4.56. The van der Waals surface area contributed by atoms with Gasteiger partial charge in [-0.05, 0) is 53.6 Å². The van der Waals surface area contributed by atoms with Gasteiger partial charge < -0.3 is 20.1 Å². The molecule has 0 radical (unpaired) electrons. The van der Waals surface area contributed by atoms with Gasteiger partial charge in [-0.25, -0.2) is 0 Å². The highest BCUT2D eigenvalue weighted by Crippen LogP contribution is 2.32. The van der Waals surface area contributed by atoms with Gasteiger partial charge in [-0.3, -0.25) is 4.68 Å². The molecule has 0 amide bonds. The number of hydrogen-bond donors (Lipinski definition) is 2. The minimum atomic E-state index is 0.572. The first-order chi connectivity index (χ1) is 11.6. The Balaban J connectivity index is 1.42. The zero-order valence-corrected chi connectivity index (χ0v) is 15.7. The van der Waals surface area contributed by atoms with Gasteiger partial charge in [0.15, 0.2) is 16.6 Å². The number of thiocarbonyl (C=S) groups is 1. The van der Waals surface area contributed by atoms with E-state index in [1.807, 2.05) is 36.0 Å². The van der Waals surface area contributed by atoms with Gasteiger partial charge in [0.1, 0.15) is 13.2 Å². The molecule has 1 aliphatic rings. The van der Waals surface area contributed by atoms with E-state index in [0.29, 0.717) is 18.3 Å². The Labute approximate surface area is 154 Å². The number of hydrogen-bond acceptors (Lipinski definition) is 4. The quantitative estimate of drug-likeness (QED) is 0.583. The van der Waals surface area contributed by atoms with Crippen molar-refractivity contribution in [1.29, 1.82) is 0 Å². The summed E-state index contributed by atoms with van der Waals surface area (Å²) in [5, 5.41) is 11.3. The van der Waals surface area contributed by atoms with E-state index in [2.05, 4.69) is 31.7 Å². The monoisotopic (exact) mass is 410 g/mol. The molecule has 0 saturated carbocycles. The van der Waals surface area contributed by atoms with Crippen LogP contribution in [-0.4, -0.2) is 34.7 Å². The average Bonchev–Trinajstić information content (AvgIpc) is 2.89. The fraction of sp³-hybridized carbons (Fsp3) is 0.375. The lowest BCUT2D eigenvalue weighted by molar-refractivity contribution is 0.171. The fourth-order valence-electron chi connectivity index (χ4n) is 2.35. The maximum absolute atomic E-state index is 5.56. The highest BCUT2D eigenvalue weighted by molar-refractivity contribution is 9.10. The molecule has 1 aromatic carbocycles. The third-order valence-electron chi connectivity index (χ3n) is 3.54. The van der Waals surface area contributed by atoms with Gasteiger partial charge in [-0.1, -0.05) is 0 Å². The highest BCUT2D eigenvalue weighted by Gasteiger charge is 2.12. The molecule has 1 aromatic heterocycles. The second-order valence-electron chi connectivity index (χ2n) is 5.42. The number of nitrogens with one attached hydrogen (secondary N) is 2. The van der Waals surface area contributed by atoms with Crippen LogP contribution in [0.25, 0.3) is 0 Å². The first-order valence-electron chi connectivity index (χ1n) is 7.76. The fourth-order valence-corrected chi connectivity index (χ4v) is 2.88. The Bertz CT molecular complexity index is 715. The summed E-state index contributed by atoms with van der Waals surface area (Å²) in [6, 6.07) is 5.70. The summed E-state index contributed by atoms with van der Waals surface area (Å²) in [5.41, 5.74) is 1.88. The van der Waals surface area contributed by atoms with E-state index in [9.17, 15) is 0 Å². The van der Waals surface area contributed by atoms with Crippen LogP contribution < -0.4 is 20.1 Å². The number of aromatic nitrogens is 2. The van der Waals surface area contributed by atoms with Crippen LogP contribution in [0, 0.1) is 6.92 Å². The zero-order chi connectivity index (χ0) is 16.9. The van der Waals surface area contributed by atoms with Crippen LogP contribution >= 0.6 is 28.1 Å². The highest BCUT2D eigenvalue weighted by atomic mass is 79.9. The van der Waals surface area contributed by atoms with Crippen LogP contribution in [0.3, 0.4) is 0 Å². The Morgan fingerprint density at radius 3 is 2.88 bits per heavy atom. The van der Waals surface area contributed by atoms with Gasteiger partial charge in [0.2, 0.25) is 0 Å². The molecule has 0 unspecified atom stereocenters. The standard InChI is InChI=1S/C16H19BrN4O2S/c1-11-13(17)10-21(20-11)6-2-5-18-16(24)19-12-3-4-14-15(9-12)23-8-7-22-14/h3-4,9-10H,2,5-8H2,1H3,(H2,18,19,24). The van der Waals surface area contributed by atoms with Crippen molar-refractivity contribution in [2.75, 3.05) is 25.1 Å². The van der Waals surface area contributed by atoms with Crippen molar-refractivity contribution in [3.63, 3.8) is 0 Å². The Hall–Kier alpha value is -1.80. The van der Waals surface area contributed by atoms with Gasteiger partial charge >= 0.3 is 0 Å². The second-order valence-corrected chi connectivity index (χ2v) is 6.68. The van der Waals surface area contributed by atoms with E-state index >= 15 is 0 Å². The van der Waals surface area contributed by atoms with Crippen LogP contribution in [-0.2, 0) is 6.54 Å². The van der Waals surface area contributed by atoms with Crippen molar-refractivity contribution in [3.8, 4) is 11.5 Å². The Morgan fingerprint density at radius 2 is 2.12 bits per heavy atom. The number of ether oxygens (including phenoxy) is 2. The van der Waals surface area contributed by atoms with Crippen LogP contribution in [0.4, 0.5) is 5.69 Å². The lowest BCUT2D eigenvalue weighted by Crippen LogP contribution is -2.29. The van der Waals surface area contributed by atoms with Crippen molar-refractivity contribution in [3.05, 3.63) is 34.6 Å². The van der Waals surface area contributed by atoms with Crippen molar-refractivity contribution in [1.82, 2.24) is 15.1 Å². The van der Waals surface area contributed by atoms with E-state index < -0.39 is 0 Å². The normalized spacial score (nSPS) is 12.8. The van der Waals surface area contributed by atoms with Crippen LogP contribution in [0.5, 0.6) is 11.5 Å². The number of benzene rings is 1. The van der Waals surface area contributed by atoms with Gasteiger partial charge in [0.05, 0.1) is 10.2 Å². The van der Waals surface area contributed by atoms with Gasteiger partial charge in [-0.2, -0.15) is 5.10 Å². The average molecular weight is 411 g/mol. The van der Waals surface area contributed by atoms with E-state index in [1.54, 1.807) is 0 Å². The molecule has 0 saturated heterocycles. The molecule has 2 N–H and O–H groups in total. The van der Waals surface area contributed by atoms with Crippen LogP contribution in [0.1, 0.15) is 12.1 Å². The van der Waals surface area contributed by atoms with Crippen LogP contribution in [0.15, 0.2) is 28.9 Å².